The molecule has 37 heavy (non-hydrogen) atoms. The summed E-state index contributed by atoms with van der Waals surface area (Å²) in [6.45, 7) is 0. The highest BCUT2D eigenvalue weighted by Gasteiger charge is 2.40. The Morgan fingerprint density at radius 2 is 1.41 bits per heavy atom. The predicted octanol–water partition coefficient (Wildman–Crippen LogP) is 6.07. The number of nitrogens with zero attached hydrogens (tertiary/aromatic N) is 1. The fourth-order valence-electron chi connectivity index (χ4n) is 3.75. The van der Waals surface area contributed by atoms with Crippen LogP contribution in [-0.4, -0.2) is 17.7 Å². The summed E-state index contributed by atoms with van der Waals surface area (Å²) >= 11 is 1.11. The molecule has 0 atom stereocenters. The number of imide groups is 1. The SMILES string of the molecule is O=C(Nc1cccc(SC2=C(Nc3ccc(F)cc3)C(=O)N(c3ccccc3)C2=O)c1)c1ccccc1. The average Bonchev–Trinajstić information content (AvgIpc) is 3.15. The predicted molar refractivity (Wildman–Crippen MR) is 143 cm³/mol. The summed E-state index contributed by atoms with van der Waals surface area (Å²) in [5, 5.41) is 5.85. The van der Waals surface area contributed by atoms with E-state index in [1.165, 1.54) is 24.3 Å². The molecule has 1 aliphatic heterocycles. The van der Waals surface area contributed by atoms with Crippen molar-refractivity contribution in [2.24, 2.45) is 0 Å². The second kappa shape index (κ2) is 10.5. The van der Waals surface area contributed by atoms with E-state index >= 15 is 0 Å². The molecule has 5 rings (SSSR count). The molecule has 4 aromatic rings. The number of para-hydroxylation sites is 1. The lowest BCUT2D eigenvalue weighted by atomic mass is 10.2. The Bertz CT molecular complexity index is 1510. The summed E-state index contributed by atoms with van der Waals surface area (Å²) in [6.07, 6.45) is 0. The van der Waals surface area contributed by atoms with Gasteiger partial charge in [-0.2, -0.15) is 0 Å². The highest BCUT2D eigenvalue weighted by Crippen LogP contribution is 2.38. The zero-order chi connectivity index (χ0) is 25.8. The maximum atomic E-state index is 13.5. The minimum absolute atomic E-state index is 0.0872. The second-order valence-electron chi connectivity index (χ2n) is 8.07. The van der Waals surface area contributed by atoms with E-state index < -0.39 is 17.6 Å². The molecule has 0 saturated carbocycles. The fraction of sp³-hybridized carbons (Fsp3) is 0. The summed E-state index contributed by atoms with van der Waals surface area (Å²) < 4.78 is 13.4. The maximum Gasteiger partial charge on any atom is 0.283 e. The molecule has 3 amide bonds. The van der Waals surface area contributed by atoms with E-state index in [-0.39, 0.29) is 16.5 Å². The number of carbonyl (C=O) groups is 3. The zero-order valence-electron chi connectivity index (χ0n) is 19.4. The van der Waals surface area contributed by atoms with E-state index in [1.54, 1.807) is 78.9 Å². The van der Waals surface area contributed by atoms with Gasteiger partial charge < -0.3 is 10.6 Å². The molecule has 0 fully saturated rings. The number of halogens is 1. The van der Waals surface area contributed by atoms with Crippen LogP contribution in [-0.2, 0) is 9.59 Å². The number of hydrogen-bond donors (Lipinski definition) is 2. The summed E-state index contributed by atoms with van der Waals surface area (Å²) in [5.74, 6) is -1.67. The number of benzene rings is 4. The minimum Gasteiger partial charge on any atom is -0.350 e. The number of amides is 3. The smallest absolute Gasteiger partial charge is 0.283 e. The van der Waals surface area contributed by atoms with E-state index in [2.05, 4.69) is 10.6 Å². The molecule has 1 aliphatic rings. The molecular formula is C29H20FN3O3S. The Morgan fingerprint density at radius 3 is 2.11 bits per heavy atom. The van der Waals surface area contributed by atoms with Crippen molar-refractivity contribution < 1.29 is 18.8 Å². The van der Waals surface area contributed by atoms with Gasteiger partial charge in [-0.15, -0.1) is 0 Å². The molecule has 4 aromatic carbocycles. The van der Waals surface area contributed by atoms with Crippen LogP contribution in [0.15, 0.2) is 125 Å². The molecule has 6 nitrogen and oxygen atoms in total. The second-order valence-corrected chi connectivity index (χ2v) is 9.15. The van der Waals surface area contributed by atoms with Crippen molar-refractivity contribution in [3.63, 3.8) is 0 Å². The van der Waals surface area contributed by atoms with Gasteiger partial charge in [0.1, 0.15) is 16.4 Å². The van der Waals surface area contributed by atoms with Gasteiger partial charge >= 0.3 is 0 Å². The lowest BCUT2D eigenvalue weighted by molar-refractivity contribution is -0.120. The number of anilines is 3. The summed E-state index contributed by atoms with van der Waals surface area (Å²) in [4.78, 5) is 41.4. The number of rotatable bonds is 7. The number of thioether (sulfide) groups is 1. The lowest BCUT2D eigenvalue weighted by Crippen LogP contribution is -2.32. The van der Waals surface area contributed by atoms with Crippen LogP contribution in [0.25, 0.3) is 0 Å². The Balaban J connectivity index is 1.45. The topological polar surface area (TPSA) is 78.5 Å². The molecular weight excluding hydrogens is 489 g/mol. The van der Waals surface area contributed by atoms with Gasteiger partial charge in [-0.3, -0.25) is 14.4 Å². The van der Waals surface area contributed by atoms with Gasteiger partial charge in [-0.25, -0.2) is 9.29 Å². The Labute approximate surface area is 216 Å². The third-order valence-electron chi connectivity index (χ3n) is 5.52. The van der Waals surface area contributed by atoms with Crippen LogP contribution in [0.4, 0.5) is 21.5 Å². The van der Waals surface area contributed by atoms with E-state index in [0.29, 0.717) is 27.5 Å². The van der Waals surface area contributed by atoms with Crippen molar-refractivity contribution in [1.82, 2.24) is 0 Å². The van der Waals surface area contributed by atoms with Crippen LogP contribution in [0.3, 0.4) is 0 Å². The molecule has 0 spiro atoms. The largest absolute Gasteiger partial charge is 0.350 e. The molecule has 0 saturated heterocycles. The van der Waals surface area contributed by atoms with Crippen LogP contribution in [0, 0.1) is 5.82 Å². The summed E-state index contributed by atoms with van der Waals surface area (Å²) in [7, 11) is 0. The normalized spacial score (nSPS) is 13.2. The molecule has 0 aromatic heterocycles. The first-order valence-corrected chi connectivity index (χ1v) is 12.2. The van der Waals surface area contributed by atoms with Crippen LogP contribution in [0.1, 0.15) is 10.4 Å². The van der Waals surface area contributed by atoms with Crippen LogP contribution >= 0.6 is 11.8 Å². The van der Waals surface area contributed by atoms with Crippen LogP contribution in [0.5, 0.6) is 0 Å². The summed E-state index contributed by atoms with van der Waals surface area (Å²) in [5.41, 5.74) is 2.06. The zero-order valence-corrected chi connectivity index (χ0v) is 20.2. The first-order valence-electron chi connectivity index (χ1n) is 11.3. The highest BCUT2D eigenvalue weighted by atomic mass is 32.2. The van der Waals surface area contributed by atoms with Gasteiger partial charge in [0.2, 0.25) is 0 Å². The number of carbonyl (C=O) groups excluding carboxylic acids is 3. The van der Waals surface area contributed by atoms with E-state index in [9.17, 15) is 18.8 Å². The van der Waals surface area contributed by atoms with Gasteiger partial charge in [0.15, 0.2) is 0 Å². The molecule has 8 heteroatoms. The van der Waals surface area contributed by atoms with Crippen molar-refractivity contribution in [2.75, 3.05) is 15.5 Å². The molecule has 0 radical (unpaired) electrons. The molecule has 2 N–H and O–H groups in total. The highest BCUT2D eigenvalue weighted by molar-refractivity contribution is 8.04. The molecule has 0 aliphatic carbocycles. The monoisotopic (exact) mass is 509 g/mol. The maximum absolute atomic E-state index is 13.5. The third-order valence-corrected chi connectivity index (χ3v) is 6.59. The lowest BCUT2D eigenvalue weighted by Gasteiger charge is -2.15. The molecule has 1 heterocycles. The Kier molecular flexibility index (Phi) is 6.83. The molecule has 182 valence electrons. The molecule has 0 bridgehead atoms. The van der Waals surface area contributed by atoms with Crippen molar-refractivity contribution in [2.45, 2.75) is 4.90 Å². The fourth-order valence-corrected chi connectivity index (χ4v) is 4.74. The van der Waals surface area contributed by atoms with Gasteiger partial charge in [0.25, 0.3) is 17.7 Å². The van der Waals surface area contributed by atoms with Gasteiger partial charge in [-0.1, -0.05) is 54.2 Å². The van der Waals surface area contributed by atoms with E-state index in [1.807, 2.05) is 6.07 Å². The van der Waals surface area contributed by atoms with Gasteiger partial charge in [0.05, 0.1) is 5.69 Å². The summed E-state index contributed by atoms with van der Waals surface area (Å²) in [6, 6.07) is 30.0. The first kappa shape index (κ1) is 24.0. The van der Waals surface area contributed by atoms with Crippen LogP contribution in [0.2, 0.25) is 0 Å². The van der Waals surface area contributed by atoms with Gasteiger partial charge in [0, 0.05) is 21.8 Å². The number of hydrogen-bond acceptors (Lipinski definition) is 5. The number of nitrogens with one attached hydrogen (secondary N) is 2. The van der Waals surface area contributed by atoms with E-state index in [4.69, 9.17) is 0 Å². The van der Waals surface area contributed by atoms with Gasteiger partial charge in [-0.05, 0) is 66.7 Å². The van der Waals surface area contributed by atoms with Crippen molar-refractivity contribution in [1.29, 1.82) is 0 Å². The molecule has 0 unspecified atom stereocenters. The first-order chi connectivity index (χ1) is 18.0. The van der Waals surface area contributed by atoms with Crippen LogP contribution < -0.4 is 15.5 Å². The van der Waals surface area contributed by atoms with Crippen molar-refractivity contribution >= 4 is 46.5 Å². The quantitative estimate of drug-likeness (QED) is 0.296. The van der Waals surface area contributed by atoms with Crippen molar-refractivity contribution in [3.05, 3.63) is 131 Å². The van der Waals surface area contributed by atoms with E-state index in [0.717, 1.165) is 16.7 Å². The Morgan fingerprint density at radius 1 is 0.730 bits per heavy atom. The minimum atomic E-state index is -0.517. The Hall–Kier alpha value is -4.69. The third kappa shape index (κ3) is 5.29. The van der Waals surface area contributed by atoms with Crippen molar-refractivity contribution in [3.8, 4) is 0 Å². The average molecular weight is 510 g/mol. The standard InChI is InChI=1S/C29H20FN3O3S/c30-20-14-16-21(17-15-20)31-25-26(29(36)33(28(25)35)23-11-5-2-6-12-23)37-24-13-7-10-22(18-24)32-27(34)19-8-3-1-4-9-19/h1-18,31H,(H,32,34).